The second-order valence-electron chi connectivity index (χ2n) is 8.48. The van der Waals surface area contributed by atoms with Crippen LogP contribution in [0.3, 0.4) is 0 Å². The maximum atomic E-state index is 12.3. The average Bonchev–Trinajstić information content (AvgIpc) is 2.98. The number of hydrogen-bond donors (Lipinski definition) is 1. The molecule has 1 fully saturated rings. The van der Waals surface area contributed by atoms with Gasteiger partial charge in [0.2, 0.25) is 6.08 Å². The number of nitrogens with one attached hydrogen (secondary N) is 1. The molecule has 0 aromatic heterocycles. The van der Waals surface area contributed by atoms with E-state index in [2.05, 4.69) is 10.3 Å². The van der Waals surface area contributed by atoms with Gasteiger partial charge >= 0.3 is 13.2 Å². The molecule has 0 radical (unpaired) electrons. The Hall–Kier alpha value is -3.19. The SMILES string of the molecule is CC1(C)OB(C(=Cc2ccccc2N=C=O)CNC(=O)OCc2ccccc2)OC1(C)C. The molecule has 1 aliphatic heterocycles. The van der Waals surface area contributed by atoms with Crippen molar-refractivity contribution in [1.82, 2.24) is 5.32 Å². The molecule has 0 aliphatic carbocycles. The first-order valence-corrected chi connectivity index (χ1v) is 10.4. The van der Waals surface area contributed by atoms with E-state index in [1.54, 1.807) is 24.3 Å². The topological polar surface area (TPSA) is 86.2 Å². The van der Waals surface area contributed by atoms with Crippen LogP contribution in [0.25, 0.3) is 6.08 Å². The van der Waals surface area contributed by atoms with Gasteiger partial charge < -0.3 is 19.4 Å². The molecule has 0 bridgehead atoms. The number of rotatable bonds is 7. The maximum Gasteiger partial charge on any atom is 0.492 e. The van der Waals surface area contributed by atoms with Crippen molar-refractivity contribution in [2.75, 3.05) is 6.54 Å². The third-order valence-electron chi connectivity index (χ3n) is 5.65. The van der Waals surface area contributed by atoms with Gasteiger partial charge in [0, 0.05) is 12.1 Å². The number of isocyanates is 1. The molecule has 1 N–H and O–H groups in total. The molecule has 1 saturated heterocycles. The standard InChI is InChI=1S/C24H27BN2O5/c1-23(2)24(3,4)32-25(31-23)20(14-19-12-8-9-13-21(19)27-17-28)15-26-22(29)30-16-18-10-6-5-7-11-18/h5-14H,15-16H2,1-4H3,(H,26,29). The number of nitrogens with zero attached hydrogens (tertiary/aromatic N) is 1. The van der Waals surface area contributed by atoms with Gasteiger partial charge in [-0.1, -0.05) is 54.6 Å². The van der Waals surface area contributed by atoms with Gasteiger partial charge in [0.1, 0.15) is 6.61 Å². The molecule has 0 spiro atoms. The summed E-state index contributed by atoms with van der Waals surface area (Å²) in [7, 11) is -0.692. The molecule has 0 saturated carbocycles. The molecule has 2 aromatic carbocycles. The summed E-state index contributed by atoms with van der Waals surface area (Å²) in [6.45, 7) is 8.11. The first kappa shape index (κ1) is 23.5. The highest BCUT2D eigenvalue weighted by atomic mass is 16.7. The van der Waals surface area contributed by atoms with Crippen molar-refractivity contribution < 1.29 is 23.6 Å². The molecule has 166 valence electrons. The van der Waals surface area contributed by atoms with Gasteiger partial charge in [-0.2, -0.15) is 4.99 Å². The Morgan fingerprint density at radius 3 is 2.34 bits per heavy atom. The van der Waals surface area contributed by atoms with Crippen LogP contribution >= 0.6 is 0 Å². The summed E-state index contributed by atoms with van der Waals surface area (Å²) in [5.74, 6) is 0. The zero-order valence-electron chi connectivity index (χ0n) is 18.8. The van der Waals surface area contributed by atoms with Gasteiger partial charge in [0.25, 0.3) is 0 Å². The van der Waals surface area contributed by atoms with Crippen molar-refractivity contribution in [2.24, 2.45) is 4.99 Å². The number of alkyl carbamates (subject to hydrolysis) is 1. The van der Waals surface area contributed by atoms with Crippen LogP contribution in [0, 0.1) is 0 Å². The van der Waals surface area contributed by atoms with Crippen LogP contribution in [-0.2, 0) is 25.4 Å². The van der Waals surface area contributed by atoms with Gasteiger partial charge in [-0.25, -0.2) is 9.59 Å². The molecule has 0 unspecified atom stereocenters. The van der Waals surface area contributed by atoms with Crippen LogP contribution in [0.15, 0.2) is 65.1 Å². The zero-order valence-corrected chi connectivity index (χ0v) is 18.8. The Morgan fingerprint density at radius 2 is 1.69 bits per heavy atom. The maximum absolute atomic E-state index is 12.3. The molecule has 2 aromatic rings. The molecule has 3 rings (SSSR count). The summed E-state index contributed by atoms with van der Waals surface area (Å²) in [5.41, 5.74) is 1.60. The van der Waals surface area contributed by atoms with E-state index in [-0.39, 0.29) is 13.2 Å². The van der Waals surface area contributed by atoms with Gasteiger partial charge in [-0.3, -0.25) is 0 Å². The van der Waals surface area contributed by atoms with E-state index in [0.29, 0.717) is 16.7 Å². The lowest BCUT2D eigenvalue weighted by Gasteiger charge is -2.32. The summed E-state index contributed by atoms with van der Waals surface area (Å²) < 4.78 is 17.6. The largest absolute Gasteiger partial charge is 0.492 e. The fraction of sp³-hybridized carbons (Fsp3) is 0.333. The molecular weight excluding hydrogens is 407 g/mol. The molecule has 1 heterocycles. The summed E-state index contributed by atoms with van der Waals surface area (Å²) in [4.78, 5) is 26.9. The molecular formula is C24H27BN2O5. The molecule has 32 heavy (non-hydrogen) atoms. The monoisotopic (exact) mass is 434 g/mol. The van der Waals surface area contributed by atoms with Gasteiger partial charge in [-0.05, 0) is 44.8 Å². The van der Waals surface area contributed by atoms with Crippen molar-refractivity contribution in [3.63, 3.8) is 0 Å². The van der Waals surface area contributed by atoms with Crippen LogP contribution in [0.2, 0.25) is 0 Å². The van der Waals surface area contributed by atoms with E-state index in [9.17, 15) is 9.59 Å². The zero-order chi connectivity index (χ0) is 23.2. The van der Waals surface area contributed by atoms with Crippen molar-refractivity contribution in [2.45, 2.75) is 45.5 Å². The van der Waals surface area contributed by atoms with Crippen molar-refractivity contribution in [3.05, 3.63) is 71.2 Å². The minimum absolute atomic E-state index is 0.129. The minimum atomic E-state index is -0.692. The number of amides is 1. The van der Waals surface area contributed by atoms with Crippen LogP contribution in [-0.4, -0.2) is 37.0 Å². The quantitative estimate of drug-likeness (QED) is 0.391. The van der Waals surface area contributed by atoms with E-state index < -0.39 is 24.4 Å². The normalized spacial score (nSPS) is 16.9. The average molecular weight is 434 g/mol. The van der Waals surface area contributed by atoms with E-state index in [1.807, 2.05) is 70.2 Å². The summed E-state index contributed by atoms with van der Waals surface area (Å²) in [6, 6.07) is 16.6. The number of aliphatic imine (C=N–C) groups is 1. The van der Waals surface area contributed by atoms with Crippen molar-refractivity contribution in [3.8, 4) is 0 Å². The summed E-state index contributed by atoms with van der Waals surface area (Å²) in [6.07, 6.45) is 2.81. The Balaban J connectivity index is 1.78. The predicted molar refractivity (Wildman–Crippen MR) is 123 cm³/mol. The first-order valence-electron chi connectivity index (χ1n) is 10.4. The molecule has 1 amide bonds. The highest BCUT2D eigenvalue weighted by molar-refractivity contribution is 6.56. The van der Waals surface area contributed by atoms with Crippen LogP contribution in [0.4, 0.5) is 10.5 Å². The Bertz CT molecular complexity index is 1010. The number of carbonyl (C=O) groups excluding carboxylic acids is 2. The molecule has 0 atom stereocenters. The van der Waals surface area contributed by atoms with Gasteiger partial charge in [0.05, 0.1) is 16.9 Å². The minimum Gasteiger partial charge on any atom is -0.445 e. The molecule has 1 aliphatic rings. The molecule has 7 nitrogen and oxygen atoms in total. The second kappa shape index (κ2) is 9.96. The highest BCUT2D eigenvalue weighted by Crippen LogP contribution is 2.39. The number of ether oxygens (including phenoxy) is 1. The fourth-order valence-electron chi connectivity index (χ4n) is 3.11. The van der Waals surface area contributed by atoms with Crippen LogP contribution < -0.4 is 5.32 Å². The number of carbonyl (C=O) groups is 1. The first-order chi connectivity index (χ1) is 15.2. The highest BCUT2D eigenvalue weighted by Gasteiger charge is 2.52. The van der Waals surface area contributed by atoms with Gasteiger partial charge in [0.15, 0.2) is 0 Å². The van der Waals surface area contributed by atoms with E-state index in [1.165, 1.54) is 0 Å². The van der Waals surface area contributed by atoms with E-state index in [4.69, 9.17) is 14.0 Å². The lowest BCUT2D eigenvalue weighted by Crippen LogP contribution is -2.41. The smallest absolute Gasteiger partial charge is 0.445 e. The van der Waals surface area contributed by atoms with E-state index >= 15 is 0 Å². The Morgan fingerprint density at radius 1 is 1.06 bits per heavy atom. The number of para-hydroxylation sites is 1. The lowest BCUT2D eigenvalue weighted by atomic mass is 9.77. The lowest BCUT2D eigenvalue weighted by molar-refractivity contribution is 0.00578. The number of benzene rings is 2. The van der Waals surface area contributed by atoms with Crippen molar-refractivity contribution in [1.29, 1.82) is 0 Å². The van der Waals surface area contributed by atoms with Crippen LogP contribution in [0.1, 0.15) is 38.8 Å². The van der Waals surface area contributed by atoms with Crippen molar-refractivity contribution >= 4 is 31.1 Å². The summed E-state index contributed by atoms with van der Waals surface area (Å²) in [5, 5.41) is 2.76. The second-order valence-corrected chi connectivity index (χ2v) is 8.48. The Kier molecular flexibility index (Phi) is 7.31. The molecule has 8 heteroatoms. The van der Waals surface area contributed by atoms with Crippen LogP contribution in [0.5, 0.6) is 0 Å². The predicted octanol–water partition coefficient (Wildman–Crippen LogP) is 4.60. The number of hydrogen-bond acceptors (Lipinski definition) is 6. The third kappa shape index (κ3) is 5.74. The Labute approximate surface area is 188 Å². The van der Waals surface area contributed by atoms with Gasteiger partial charge in [-0.15, -0.1) is 0 Å². The third-order valence-corrected chi connectivity index (χ3v) is 5.65. The van der Waals surface area contributed by atoms with E-state index in [0.717, 1.165) is 5.56 Å². The fourth-order valence-corrected chi connectivity index (χ4v) is 3.11. The summed E-state index contributed by atoms with van der Waals surface area (Å²) >= 11 is 0.